The van der Waals surface area contributed by atoms with Crippen molar-refractivity contribution in [3.63, 3.8) is 0 Å². The maximum absolute atomic E-state index is 5.04. The van der Waals surface area contributed by atoms with Gasteiger partial charge < -0.3 is 10.1 Å². The fourth-order valence-corrected chi connectivity index (χ4v) is 2.37. The van der Waals surface area contributed by atoms with Crippen molar-refractivity contribution in [2.75, 3.05) is 25.6 Å². The topological polar surface area (TPSA) is 39.1 Å². The lowest BCUT2D eigenvalue weighted by atomic mass is 10.1. The van der Waals surface area contributed by atoms with Gasteiger partial charge in [0.2, 0.25) is 5.95 Å². The van der Waals surface area contributed by atoms with Crippen molar-refractivity contribution in [2.24, 2.45) is 0 Å². The maximum Gasteiger partial charge on any atom is 0.207 e. The molecule has 0 unspecified atom stereocenters. The zero-order chi connectivity index (χ0) is 13.7. The second kappa shape index (κ2) is 6.73. The molecule has 0 atom stereocenters. The van der Waals surface area contributed by atoms with E-state index in [1.54, 1.807) is 13.3 Å². The number of benzene rings is 1. The standard InChI is InChI=1S/C14H18BrN3O/c1-3-11-10-12(15)4-5-13(11)18-8-6-16-14(18)17-7-9-19-2/h4-6,8,10H,3,7,9H2,1-2H3,(H,16,17). The van der Waals surface area contributed by atoms with Gasteiger partial charge in [-0.1, -0.05) is 22.9 Å². The third-order valence-electron chi connectivity index (χ3n) is 2.91. The quantitative estimate of drug-likeness (QED) is 0.829. The van der Waals surface area contributed by atoms with E-state index < -0.39 is 0 Å². The van der Waals surface area contributed by atoms with Crippen LogP contribution in [0.2, 0.25) is 0 Å². The van der Waals surface area contributed by atoms with Gasteiger partial charge in [-0.3, -0.25) is 4.57 Å². The van der Waals surface area contributed by atoms with Gasteiger partial charge in [0.25, 0.3) is 0 Å². The Balaban J connectivity index is 2.29. The summed E-state index contributed by atoms with van der Waals surface area (Å²) in [5, 5.41) is 3.27. The summed E-state index contributed by atoms with van der Waals surface area (Å²) in [6, 6.07) is 6.30. The maximum atomic E-state index is 5.04. The number of rotatable bonds is 6. The van der Waals surface area contributed by atoms with Crippen LogP contribution in [0.3, 0.4) is 0 Å². The summed E-state index contributed by atoms with van der Waals surface area (Å²) in [6.07, 6.45) is 4.75. The molecule has 2 aromatic rings. The van der Waals surface area contributed by atoms with Crippen molar-refractivity contribution in [1.82, 2.24) is 9.55 Å². The van der Waals surface area contributed by atoms with Crippen molar-refractivity contribution >= 4 is 21.9 Å². The number of halogens is 1. The van der Waals surface area contributed by atoms with Gasteiger partial charge in [-0.25, -0.2) is 4.98 Å². The molecule has 1 aromatic carbocycles. The molecular weight excluding hydrogens is 306 g/mol. The van der Waals surface area contributed by atoms with Crippen LogP contribution in [0, 0.1) is 0 Å². The van der Waals surface area contributed by atoms with E-state index in [2.05, 4.69) is 49.9 Å². The van der Waals surface area contributed by atoms with Gasteiger partial charge in [0.15, 0.2) is 0 Å². The lowest BCUT2D eigenvalue weighted by Crippen LogP contribution is -2.12. The Morgan fingerprint density at radius 3 is 3.00 bits per heavy atom. The van der Waals surface area contributed by atoms with Crippen LogP contribution >= 0.6 is 15.9 Å². The summed E-state index contributed by atoms with van der Waals surface area (Å²) < 4.78 is 8.21. The number of nitrogens with one attached hydrogen (secondary N) is 1. The highest BCUT2D eigenvalue weighted by Gasteiger charge is 2.08. The third kappa shape index (κ3) is 3.36. The highest BCUT2D eigenvalue weighted by molar-refractivity contribution is 9.10. The van der Waals surface area contributed by atoms with Crippen LogP contribution in [0.4, 0.5) is 5.95 Å². The Morgan fingerprint density at radius 1 is 1.42 bits per heavy atom. The third-order valence-corrected chi connectivity index (χ3v) is 3.41. The first-order valence-electron chi connectivity index (χ1n) is 6.31. The average molecular weight is 324 g/mol. The molecule has 1 heterocycles. The molecule has 0 spiro atoms. The molecule has 5 heteroatoms. The van der Waals surface area contributed by atoms with Crippen molar-refractivity contribution < 1.29 is 4.74 Å². The number of ether oxygens (including phenoxy) is 1. The van der Waals surface area contributed by atoms with Gasteiger partial charge in [-0.15, -0.1) is 0 Å². The van der Waals surface area contributed by atoms with Crippen LogP contribution in [0.1, 0.15) is 12.5 Å². The molecule has 1 N–H and O–H groups in total. The van der Waals surface area contributed by atoms with E-state index in [9.17, 15) is 0 Å². The van der Waals surface area contributed by atoms with E-state index in [4.69, 9.17) is 4.74 Å². The summed E-state index contributed by atoms with van der Waals surface area (Å²) in [6.45, 7) is 3.56. The summed E-state index contributed by atoms with van der Waals surface area (Å²) in [7, 11) is 1.69. The number of hydrogen-bond donors (Lipinski definition) is 1. The first kappa shape index (κ1) is 14.1. The monoisotopic (exact) mass is 323 g/mol. The van der Waals surface area contributed by atoms with Crippen molar-refractivity contribution in [1.29, 1.82) is 0 Å². The normalized spacial score (nSPS) is 10.7. The molecule has 102 valence electrons. The molecule has 0 saturated heterocycles. The van der Waals surface area contributed by atoms with E-state index in [0.717, 1.165) is 29.1 Å². The molecule has 0 aliphatic carbocycles. The largest absolute Gasteiger partial charge is 0.383 e. The van der Waals surface area contributed by atoms with Crippen LogP contribution < -0.4 is 5.32 Å². The molecule has 19 heavy (non-hydrogen) atoms. The molecule has 0 bridgehead atoms. The van der Waals surface area contributed by atoms with Crippen LogP contribution in [0.25, 0.3) is 5.69 Å². The first-order chi connectivity index (χ1) is 9.26. The zero-order valence-corrected chi connectivity index (χ0v) is 12.8. The summed E-state index contributed by atoms with van der Waals surface area (Å²) in [5.41, 5.74) is 2.44. The molecule has 4 nitrogen and oxygen atoms in total. The predicted octanol–water partition coefficient (Wildman–Crippen LogP) is 3.26. The number of anilines is 1. The number of aryl methyl sites for hydroxylation is 1. The summed E-state index contributed by atoms with van der Waals surface area (Å²) >= 11 is 3.51. The van der Waals surface area contributed by atoms with Crippen molar-refractivity contribution in [3.05, 3.63) is 40.6 Å². The number of hydrogen-bond acceptors (Lipinski definition) is 3. The Morgan fingerprint density at radius 2 is 2.26 bits per heavy atom. The molecule has 0 amide bonds. The number of imidazole rings is 1. The van der Waals surface area contributed by atoms with E-state index >= 15 is 0 Å². The molecule has 0 aliphatic rings. The van der Waals surface area contributed by atoms with Crippen LogP contribution in [0.15, 0.2) is 35.1 Å². The van der Waals surface area contributed by atoms with Crippen molar-refractivity contribution in [3.8, 4) is 5.69 Å². The Hall–Kier alpha value is -1.33. The van der Waals surface area contributed by atoms with E-state index in [1.807, 2.05) is 12.3 Å². The highest BCUT2D eigenvalue weighted by atomic mass is 79.9. The minimum Gasteiger partial charge on any atom is -0.383 e. The van der Waals surface area contributed by atoms with Crippen LogP contribution in [0.5, 0.6) is 0 Å². The fourth-order valence-electron chi connectivity index (χ4n) is 1.97. The number of aromatic nitrogens is 2. The molecule has 2 rings (SSSR count). The second-order valence-corrected chi connectivity index (χ2v) is 5.08. The summed E-state index contributed by atoms with van der Waals surface area (Å²) in [4.78, 5) is 4.35. The second-order valence-electron chi connectivity index (χ2n) is 4.17. The Labute approximate surface area is 121 Å². The lowest BCUT2D eigenvalue weighted by Gasteiger charge is -2.13. The Kier molecular flexibility index (Phi) is 4.99. The van der Waals surface area contributed by atoms with Crippen LogP contribution in [-0.2, 0) is 11.2 Å². The summed E-state index contributed by atoms with van der Waals surface area (Å²) in [5.74, 6) is 0.842. The molecular formula is C14H18BrN3O. The minimum atomic E-state index is 0.661. The van der Waals surface area contributed by atoms with Crippen LogP contribution in [-0.4, -0.2) is 29.8 Å². The minimum absolute atomic E-state index is 0.661. The predicted molar refractivity (Wildman–Crippen MR) is 81.0 cm³/mol. The van der Waals surface area contributed by atoms with E-state index in [1.165, 1.54) is 5.56 Å². The Bertz CT molecular complexity index is 539. The van der Waals surface area contributed by atoms with Gasteiger partial charge in [0, 0.05) is 30.5 Å². The number of methoxy groups -OCH3 is 1. The molecule has 0 aliphatic heterocycles. The van der Waals surface area contributed by atoms with Gasteiger partial charge in [0.05, 0.1) is 12.3 Å². The van der Waals surface area contributed by atoms with Gasteiger partial charge in [-0.05, 0) is 30.2 Å². The lowest BCUT2D eigenvalue weighted by molar-refractivity contribution is 0.210. The smallest absolute Gasteiger partial charge is 0.207 e. The van der Waals surface area contributed by atoms with Crippen molar-refractivity contribution in [2.45, 2.75) is 13.3 Å². The highest BCUT2D eigenvalue weighted by Crippen LogP contribution is 2.23. The molecule has 1 aromatic heterocycles. The van der Waals surface area contributed by atoms with Gasteiger partial charge in [-0.2, -0.15) is 0 Å². The fraction of sp³-hybridized carbons (Fsp3) is 0.357. The zero-order valence-electron chi connectivity index (χ0n) is 11.2. The SMILES string of the molecule is CCc1cc(Br)ccc1-n1ccnc1NCCOC. The number of nitrogens with zero attached hydrogens (tertiary/aromatic N) is 2. The average Bonchev–Trinajstić information content (AvgIpc) is 2.87. The molecule has 0 radical (unpaired) electrons. The molecule has 0 fully saturated rings. The first-order valence-corrected chi connectivity index (χ1v) is 7.10. The van der Waals surface area contributed by atoms with E-state index in [0.29, 0.717) is 6.61 Å². The van der Waals surface area contributed by atoms with E-state index in [-0.39, 0.29) is 0 Å². The van der Waals surface area contributed by atoms with Gasteiger partial charge >= 0.3 is 0 Å². The van der Waals surface area contributed by atoms with Gasteiger partial charge in [0.1, 0.15) is 0 Å². The molecule has 0 saturated carbocycles.